The molecule has 0 saturated carbocycles. The number of imidazole rings is 1. The first kappa shape index (κ1) is 16.5. The van der Waals surface area contributed by atoms with Crippen molar-refractivity contribution in [3.8, 4) is 0 Å². The van der Waals surface area contributed by atoms with Gasteiger partial charge in [0.1, 0.15) is 0 Å². The summed E-state index contributed by atoms with van der Waals surface area (Å²) in [5, 5.41) is 13.9. The molecule has 2 rings (SSSR count). The first-order valence-electron chi connectivity index (χ1n) is 7.04. The molecule has 8 nitrogen and oxygen atoms in total. The highest BCUT2D eigenvalue weighted by atomic mass is 16.6. The molecule has 0 atom stereocenters. The maximum absolute atomic E-state index is 12.3. The molecule has 1 amide bonds. The molecule has 0 aliphatic heterocycles. The summed E-state index contributed by atoms with van der Waals surface area (Å²) in [6.07, 6.45) is 1.35. The van der Waals surface area contributed by atoms with E-state index in [1.807, 2.05) is 32.0 Å². The van der Waals surface area contributed by atoms with Gasteiger partial charge < -0.3 is 20.3 Å². The van der Waals surface area contributed by atoms with E-state index in [4.69, 9.17) is 0 Å². The third-order valence-electron chi connectivity index (χ3n) is 3.55. The van der Waals surface area contributed by atoms with Crippen LogP contribution in [0.25, 0.3) is 0 Å². The van der Waals surface area contributed by atoms with Crippen molar-refractivity contribution in [2.45, 2.75) is 13.8 Å². The summed E-state index contributed by atoms with van der Waals surface area (Å²) in [7, 11) is 3.27. The molecule has 0 saturated heterocycles. The van der Waals surface area contributed by atoms with Gasteiger partial charge in [0.15, 0.2) is 0 Å². The van der Waals surface area contributed by atoms with E-state index >= 15 is 0 Å². The van der Waals surface area contributed by atoms with Crippen LogP contribution in [0.2, 0.25) is 0 Å². The molecule has 0 fully saturated rings. The minimum absolute atomic E-state index is 0.0197. The molecule has 0 radical (unpaired) electrons. The van der Waals surface area contributed by atoms with Crippen molar-refractivity contribution in [3.63, 3.8) is 0 Å². The summed E-state index contributed by atoms with van der Waals surface area (Å²) in [4.78, 5) is 28.0. The Bertz CT molecular complexity index is 733. The largest absolute Gasteiger partial charge is 0.406 e. The van der Waals surface area contributed by atoms with Gasteiger partial charge in [0, 0.05) is 19.8 Å². The minimum Gasteiger partial charge on any atom is -0.358 e. The summed E-state index contributed by atoms with van der Waals surface area (Å²) < 4.78 is 1.52. The molecular weight excluding hydrogens is 298 g/mol. The molecular formula is C15H19N5O3. The van der Waals surface area contributed by atoms with Crippen LogP contribution in [-0.2, 0) is 11.8 Å². The molecule has 1 aromatic heterocycles. The van der Waals surface area contributed by atoms with E-state index in [0.29, 0.717) is 0 Å². The predicted molar refractivity (Wildman–Crippen MR) is 87.7 cm³/mol. The number of amides is 1. The molecule has 1 heterocycles. The Morgan fingerprint density at radius 3 is 2.57 bits per heavy atom. The van der Waals surface area contributed by atoms with Gasteiger partial charge in [0.2, 0.25) is 18.1 Å². The summed E-state index contributed by atoms with van der Waals surface area (Å²) >= 11 is 0. The average molecular weight is 317 g/mol. The Hall–Kier alpha value is -2.90. The van der Waals surface area contributed by atoms with Crippen LogP contribution >= 0.6 is 0 Å². The Balaban J connectivity index is 2.15. The van der Waals surface area contributed by atoms with E-state index in [9.17, 15) is 14.9 Å². The number of nitrogens with one attached hydrogen (secondary N) is 1. The van der Waals surface area contributed by atoms with E-state index < -0.39 is 4.92 Å². The zero-order valence-corrected chi connectivity index (χ0v) is 13.5. The van der Waals surface area contributed by atoms with Crippen LogP contribution < -0.4 is 10.2 Å². The van der Waals surface area contributed by atoms with E-state index in [-0.39, 0.29) is 24.1 Å². The van der Waals surface area contributed by atoms with Gasteiger partial charge in [0.25, 0.3) is 0 Å². The average Bonchev–Trinajstić information content (AvgIpc) is 2.85. The van der Waals surface area contributed by atoms with Gasteiger partial charge in [0.05, 0.1) is 6.54 Å². The second-order valence-electron chi connectivity index (χ2n) is 5.43. The standard InChI is InChI=1S/C15H19N5O3/c1-10-6-5-7-11(2)13(10)17-12(21)8-18(3)15-14(20(22)23)16-9-19(15)4/h5-7,9H,8H2,1-4H3,(H,17,21). The highest BCUT2D eigenvalue weighted by molar-refractivity contribution is 5.95. The Kier molecular flexibility index (Phi) is 4.63. The molecule has 122 valence electrons. The lowest BCUT2D eigenvalue weighted by Crippen LogP contribution is -2.32. The number of hydrogen-bond acceptors (Lipinski definition) is 5. The highest BCUT2D eigenvalue weighted by Crippen LogP contribution is 2.25. The lowest BCUT2D eigenvalue weighted by Gasteiger charge is -2.19. The molecule has 1 N–H and O–H groups in total. The van der Waals surface area contributed by atoms with Crippen LogP contribution in [0.5, 0.6) is 0 Å². The van der Waals surface area contributed by atoms with E-state index in [2.05, 4.69) is 10.3 Å². The fourth-order valence-electron chi connectivity index (χ4n) is 2.46. The number of carbonyl (C=O) groups excluding carboxylic acids is 1. The number of aromatic nitrogens is 2. The minimum atomic E-state index is -0.560. The third kappa shape index (κ3) is 3.47. The van der Waals surface area contributed by atoms with Gasteiger partial charge in [-0.05, 0) is 34.9 Å². The van der Waals surface area contributed by atoms with Crippen molar-refractivity contribution in [1.82, 2.24) is 9.55 Å². The van der Waals surface area contributed by atoms with Crippen LogP contribution in [0.1, 0.15) is 11.1 Å². The Morgan fingerprint density at radius 1 is 1.39 bits per heavy atom. The van der Waals surface area contributed by atoms with E-state index in [1.54, 1.807) is 14.1 Å². The summed E-state index contributed by atoms with van der Waals surface area (Å²) in [5.41, 5.74) is 2.70. The topological polar surface area (TPSA) is 93.3 Å². The summed E-state index contributed by atoms with van der Waals surface area (Å²) in [6.45, 7) is 3.81. The fourth-order valence-corrected chi connectivity index (χ4v) is 2.46. The second-order valence-corrected chi connectivity index (χ2v) is 5.43. The van der Waals surface area contributed by atoms with Crippen LogP contribution in [0.4, 0.5) is 17.3 Å². The first-order valence-corrected chi connectivity index (χ1v) is 7.04. The molecule has 2 aromatic rings. The molecule has 0 spiro atoms. The normalized spacial score (nSPS) is 10.4. The van der Waals surface area contributed by atoms with Crippen molar-refractivity contribution < 1.29 is 9.72 Å². The molecule has 0 bridgehead atoms. The van der Waals surface area contributed by atoms with Crippen LogP contribution in [0.15, 0.2) is 24.5 Å². The number of para-hydroxylation sites is 1. The SMILES string of the molecule is Cc1cccc(C)c1NC(=O)CN(C)c1c([N+](=O)[O-])ncn1C. The van der Waals surface area contributed by atoms with Gasteiger partial charge in [-0.25, -0.2) is 0 Å². The number of aryl methyl sites for hydroxylation is 3. The fraction of sp³-hybridized carbons (Fsp3) is 0.333. The van der Waals surface area contributed by atoms with Crippen LogP contribution in [0, 0.1) is 24.0 Å². The number of benzene rings is 1. The number of anilines is 2. The lowest BCUT2D eigenvalue weighted by atomic mass is 10.1. The summed E-state index contributed by atoms with van der Waals surface area (Å²) in [6, 6.07) is 5.75. The van der Waals surface area contributed by atoms with Crippen LogP contribution in [-0.4, -0.2) is 34.0 Å². The molecule has 1 aromatic carbocycles. The van der Waals surface area contributed by atoms with E-state index in [1.165, 1.54) is 15.8 Å². The van der Waals surface area contributed by atoms with Gasteiger partial charge in [-0.15, -0.1) is 0 Å². The first-order chi connectivity index (χ1) is 10.8. The van der Waals surface area contributed by atoms with Crippen molar-refractivity contribution in [2.24, 2.45) is 7.05 Å². The smallest absolute Gasteiger partial charge is 0.358 e. The van der Waals surface area contributed by atoms with Crippen molar-refractivity contribution in [3.05, 3.63) is 45.8 Å². The lowest BCUT2D eigenvalue weighted by molar-refractivity contribution is -0.388. The van der Waals surface area contributed by atoms with Gasteiger partial charge in [-0.3, -0.25) is 9.36 Å². The summed E-state index contributed by atoms with van der Waals surface area (Å²) in [5.74, 6) is -0.234. The highest BCUT2D eigenvalue weighted by Gasteiger charge is 2.24. The maximum Gasteiger partial charge on any atom is 0.406 e. The number of nitro groups is 1. The Labute approximate surface area is 133 Å². The van der Waals surface area contributed by atoms with Crippen molar-refractivity contribution in [1.29, 1.82) is 0 Å². The molecule has 8 heteroatoms. The molecule has 23 heavy (non-hydrogen) atoms. The maximum atomic E-state index is 12.3. The van der Waals surface area contributed by atoms with Crippen LogP contribution in [0.3, 0.4) is 0 Å². The monoisotopic (exact) mass is 317 g/mol. The predicted octanol–water partition coefficient (Wildman–Crippen LogP) is 2.02. The zero-order chi connectivity index (χ0) is 17.1. The number of likely N-dealkylation sites (N-methyl/N-ethyl adjacent to an activating group) is 1. The number of nitrogens with zero attached hydrogens (tertiary/aromatic N) is 4. The molecule has 0 aliphatic rings. The third-order valence-corrected chi connectivity index (χ3v) is 3.55. The zero-order valence-electron chi connectivity index (χ0n) is 13.5. The van der Waals surface area contributed by atoms with Gasteiger partial charge >= 0.3 is 5.82 Å². The van der Waals surface area contributed by atoms with Gasteiger partial charge in [-0.2, -0.15) is 0 Å². The van der Waals surface area contributed by atoms with Gasteiger partial charge in [-0.1, -0.05) is 18.2 Å². The Morgan fingerprint density at radius 2 is 2.00 bits per heavy atom. The number of carbonyl (C=O) groups is 1. The number of rotatable bonds is 5. The van der Waals surface area contributed by atoms with E-state index in [0.717, 1.165) is 16.8 Å². The van der Waals surface area contributed by atoms with Crippen molar-refractivity contribution in [2.75, 3.05) is 23.8 Å². The molecule has 0 aliphatic carbocycles. The number of hydrogen-bond donors (Lipinski definition) is 1. The van der Waals surface area contributed by atoms with Crippen molar-refractivity contribution >= 4 is 23.2 Å². The molecule has 0 unspecified atom stereocenters. The second kappa shape index (κ2) is 6.47. The quantitative estimate of drug-likeness (QED) is 0.672.